The molecule has 0 spiro atoms. The summed E-state index contributed by atoms with van der Waals surface area (Å²) in [6, 6.07) is 7.26. The number of nitrogens with two attached hydrogens (primary N) is 2. The Kier molecular flexibility index (Phi) is 6.18. The summed E-state index contributed by atoms with van der Waals surface area (Å²) in [6.45, 7) is 2.31. The zero-order chi connectivity index (χ0) is 14.7. The van der Waals surface area contributed by atoms with E-state index in [9.17, 15) is 9.59 Å². The van der Waals surface area contributed by atoms with Crippen molar-refractivity contribution >= 4 is 24.2 Å². The lowest BCUT2D eigenvalue weighted by Crippen LogP contribution is -2.51. The Morgan fingerprint density at radius 2 is 1.95 bits per heavy atom. The summed E-state index contributed by atoms with van der Waals surface area (Å²) in [4.78, 5) is 25.5. The molecule has 0 aromatic heterocycles. The molecule has 1 heterocycles. The fourth-order valence-electron chi connectivity index (χ4n) is 2.53. The van der Waals surface area contributed by atoms with Crippen molar-refractivity contribution in [1.29, 1.82) is 0 Å². The summed E-state index contributed by atoms with van der Waals surface area (Å²) in [5.74, 6) is -0.505. The first-order valence-corrected chi connectivity index (χ1v) is 6.90. The lowest BCUT2D eigenvalue weighted by atomic mass is 9.93. The second kappa shape index (κ2) is 7.43. The van der Waals surface area contributed by atoms with Crippen LogP contribution >= 0.6 is 12.4 Å². The predicted octanol–water partition coefficient (Wildman–Crippen LogP) is 0.974. The maximum atomic E-state index is 12.3. The topological polar surface area (TPSA) is 89.4 Å². The number of amides is 2. The van der Waals surface area contributed by atoms with E-state index >= 15 is 0 Å². The number of primary amides is 1. The lowest BCUT2D eigenvalue weighted by molar-refractivity contribution is -0.140. The van der Waals surface area contributed by atoms with E-state index in [0.29, 0.717) is 25.8 Å². The van der Waals surface area contributed by atoms with Crippen molar-refractivity contribution < 1.29 is 9.59 Å². The molecule has 116 valence electrons. The third-order valence-electron chi connectivity index (χ3n) is 3.71. The Morgan fingerprint density at radius 3 is 2.52 bits per heavy atom. The van der Waals surface area contributed by atoms with E-state index in [-0.39, 0.29) is 24.4 Å². The van der Waals surface area contributed by atoms with Gasteiger partial charge in [-0.05, 0) is 24.5 Å². The van der Waals surface area contributed by atoms with Crippen molar-refractivity contribution in [2.45, 2.75) is 44.8 Å². The number of fused-ring (bicyclic) bond motifs is 1. The minimum Gasteiger partial charge on any atom is -0.368 e. The highest BCUT2D eigenvalue weighted by Crippen LogP contribution is 2.24. The highest BCUT2D eigenvalue weighted by atomic mass is 35.5. The fraction of sp³-hybridized carbons (Fsp3) is 0.467. The van der Waals surface area contributed by atoms with Crippen LogP contribution < -0.4 is 11.5 Å². The van der Waals surface area contributed by atoms with Crippen LogP contribution in [0, 0.1) is 0 Å². The van der Waals surface area contributed by atoms with Gasteiger partial charge in [0.2, 0.25) is 11.8 Å². The molecule has 0 bridgehead atoms. The third kappa shape index (κ3) is 4.19. The highest BCUT2D eigenvalue weighted by Gasteiger charge is 2.32. The molecule has 0 radical (unpaired) electrons. The summed E-state index contributed by atoms with van der Waals surface area (Å²) >= 11 is 0. The molecule has 2 amide bonds. The van der Waals surface area contributed by atoms with Gasteiger partial charge in [0.1, 0.15) is 6.04 Å². The monoisotopic (exact) mass is 311 g/mol. The van der Waals surface area contributed by atoms with Crippen molar-refractivity contribution in [3.05, 3.63) is 35.4 Å². The van der Waals surface area contributed by atoms with Crippen molar-refractivity contribution in [2.24, 2.45) is 11.5 Å². The van der Waals surface area contributed by atoms with Crippen LogP contribution in [0.15, 0.2) is 24.3 Å². The van der Waals surface area contributed by atoms with E-state index in [4.69, 9.17) is 11.5 Å². The SMILES string of the molecule is CC(N)CCC(=O)N1Cc2ccccc2CC1C(N)=O.Cl. The van der Waals surface area contributed by atoms with Gasteiger partial charge in [-0.15, -0.1) is 12.4 Å². The van der Waals surface area contributed by atoms with E-state index < -0.39 is 11.9 Å². The number of carbonyl (C=O) groups is 2. The Labute approximate surface area is 131 Å². The molecule has 1 aromatic carbocycles. The van der Waals surface area contributed by atoms with Gasteiger partial charge in [-0.25, -0.2) is 0 Å². The van der Waals surface area contributed by atoms with Gasteiger partial charge >= 0.3 is 0 Å². The number of carbonyl (C=O) groups excluding carboxylic acids is 2. The molecule has 1 aromatic rings. The summed E-state index contributed by atoms with van der Waals surface area (Å²) in [5, 5.41) is 0. The van der Waals surface area contributed by atoms with Crippen LogP contribution in [0.1, 0.15) is 30.9 Å². The molecule has 0 fully saturated rings. The number of hydrogen-bond donors (Lipinski definition) is 2. The number of rotatable bonds is 4. The van der Waals surface area contributed by atoms with Gasteiger partial charge in [-0.3, -0.25) is 9.59 Å². The Morgan fingerprint density at radius 1 is 1.33 bits per heavy atom. The van der Waals surface area contributed by atoms with E-state index in [2.05, 4.69) is 0 Å². The highest BCUT2D eigenvalue weighted by molar-refractivity contribution is 5.87. The van der Waals surface area contributed by atoms with E-state index in [1.807, 2.05) is 31.2 Å². The van der Waals surface area contributed by atoms with Crippen LogP contribution in [0.4, 0.5) is 0 Å². The van der Waals surface area contributed by atoms with Crippen LogP contribution in [0.3, 0.4) is 0 Å². The quantitative estimate of drug-likeness (QED) is 0.868. The van der Waals surface area contributed by atoms with Gasteiger partial charge in [0.05, 0.1) is 0 Å². The molecule has 0 aliphatic carbocycles. The van der Waals surface area contributed by atoms with Gasteiger partial charge in [0.15, 0.2) is 0 Å². The van der Waals surface area contributed by atoms with Crippen molar-refractivity contribution in [1.82, 2.24) is 4.90 Å². The molecule has 0 saturated carbocycles. The molecule has 6 heteroatoms. The molecule has 1 aliphatic heterocycles. The van der Waals surface area contributed by atoms with Crippen molar-refractivity contribution in [2.75, 3.05) is 0 Å². The zero-order valence-electron chi connectivity index (χ0n) is 12.1. The second-order valence-corrected chi connectivity index (χ2v) is 5.43. The maximum Gasteiger partial charge on any atom is 0.240 e. The van der Waals surface area contributed by atoms with Crippen LogP contribution in [0.25, 0.3) is 0 Å². The van der Waals surface area contributed by atoms with Gasteiger partial charge in [-0.1, -0.05) is 24.3 Å². The smallest absolute Gasteiger partial charge is 0.240 e. The average Bonchev–Trinajstić information content (AvgIpc) is 2.43. The van der Waals surface area contributed by atoms with E-state index in [1.54, 1.807) is 4.90 Å². The first-order valence-electron chi connectivity index (χ1n) is 6.90. The van der Waals surface area contributed by atoms with E-state index in [1.165, 1.54) is 0 Å². The molecule has 2 rings (SSSR count). The van der Waals surface area contributed by atoms with Gasteiger partial charge in [0, 0.05) is 25.4 Å². The van der Waals surface area contributed by atoms with Crippen LogP contribution in [0.5, 0.6) is 0 Å². The molecule has 2 unspecified atom stereocenters. The fourth-order valence-corrected chi connectivity index (χ4v) is 2.53. The molecule has 2 atom stereocenters. The minimum absolute atomic E-state index is 0. The van der Waals surface area contributed by atoms with Crippen LogP contribution in [-0.2, 0) is 22.6 Å². The first-order chi connectivity index (χ1) is 9.49. The Balaban J connectivity index is 0.00000220. The number of hydrogen-bond acceptors (Lipinski definition) is 3. The van der Waals surface area contributed by atoms with Crippen LogP contribution in [0.2, 0.25) is 0 Å². The average molecular weight is 312 g/mol. The van der Waals surface area contributed by atoms with Gasteiger partial charge in [0.25, 0.3) is 0 Å². The summed E-state index contributed by atoms with van der Waals surface area (Å²) in [6.07, 6.45) is 1.46. The second-order valence-electron chi connectivity index (χ2n) is 5.43. The Hall–Kier alpha value is -1.59. The summed E-state index contributed by atoms with van der Waals surface area (Å²) in [7, 11) is 0. The van der Waals surface area contributed by atoms with E-state index in [0.717, 1.165) is 11.1 Å². The molecule has 4 N–H and O–H groups in total. The standard InChI is InChI=1S/C15H21N3O2.ClH/c1-10(16)6-7-14(19)18-9-12-5-3-2-4-11(12)8-13(18)15(17)20;/h2-5,10,13H,6-9,16H2,1H3,(H2,17,20);1H. The van der Waals surface area contributed by atoms with Crippen molar-refractivity contribution in [3.8, 4) is 0 Å². The largest absolute Gasteiger partial charge is 0.368 e. The molecule has 0 saturated heterocycles. The van der Waals surface area contributed by atoms with Crippen molar-refractivity contribution in [3.63, 3.8) is 0 Å². The zero-order valence-corrected chi connectivity index (χ0v) is 12.9. The molecule has 1 aliphatic rings. The van der Waals surface area contributed by atoms with Gasteiger partial charge in [-0.2, -0.15) is 0 Å². The number of benzene rings is 1. The maximum absolute atomic E-state index is 12.3. The molecule has 5 nitrogen and oxygen atoms in total. The molecular weight excluding hydrogens is 290 g/mol. The predicted molar refractivity (Wildman–Crippen MR) is 83.8 cm³/mol. The summed E-state index contributed by atoms with van der Waals surface area (Å²) < 4.78 is 0. The van der Waals surface area contributed by atoms with Crippen LogP contribution in [-0.4, -0.2) is 28.8 Å². The molecular formula is C15H22ClN3O2. The summed E-state index contributed by atoms with van der Waals surface area (Å²) in [5.41, 5.74) is 13.3. The first kappa shape index (κ1) is 17.5. The van der Waals surface area contributed by atoms with Gasteiger partial charge < -0.3 is 16.4 Å². The molecule has 21 heavy (non-hydrogen) atoms. The lowest BCUT2D eigenvalue weighted by Gasteiger charge is -2.35. The number of halogens is 1. The normalized spacial score (nSPS) is 18.4. The minimum atomic E-state index is -0.550. The Bertz CT molecular complexity index is 519. The number of nitrogens with zero attached hydrogens (tertiary/aromatic N) is 1. The third-order valence-corrected chi connectivity index (χ3v) is 3.71.